The summed E-state index contributed by atoms with van der Waals surface area (Å²) < 4.78 is 5.71. The smallest absolute Gasteiger partial charge is 0.160 e. The van der Waals surface area contributed by atoms with Crippen LogP contribution in [0.25, 0.3) is 10.2 Å². The summed E-state index contributed by atoms with van der Waals surface area (Å²) >= 11 is 7.98. The molecular formula is C15H19ClN2OS. The first-order valence-corrected chi connectivity index (χ1v) is 8.35. The van der Waals surface area contributed by atoms with E-state index < -0.39 is 0 Å². The van der Waals surface area contributed by atoms with Crippen molar-refractivity contribution < 1.29 is 4.74 Å². The zero-order valence-electron chi connectivity index (χ0n) is 11.9. The molecule has 1 atom stereocenters. The molecule has 20 heavy (non-hydrogen) atoms. The van der Waals surface area contributed by atoms with Gasteiger partial charge in [-0.15, -0.1) is 11.3 Å². The van der Waals surface area contributed by atoms with Crippen LogP contribution < -0.4 is 0 Å². The van der Waals surface area contributed by atoms with Crippen molar-refractivity contribution in [3.8, 4) is 0 Å². The molecule has 1 aliphatic carbocycles. The molecule has 0 N–H and O–H groups in total. The van der Waals surface area contributed by atoms with Gasteiger partial charge >= 0.3 is 0 Å². The van der Waals surface area contributed by atoms with Gasteiger partial charge in [-0.2, -0.15) is 0 Å². The zero-order chi connectivity index (χ0) is 14.1. The highest BCUT2D eigenvalue weighted by molar-refractivity contribution is 7.18. The maximum absolute atomic E-state index is 6.32. The van der Waals surface area contributed by atoms with Crippen molar-refractivity contribution >= 4 is 33.2 Å². The largest absolute Gasteiger partial charge is 0.373 e. The van der Waals surface area contributed by atoms with Gasteiger partial charge in [-0.05, 0) is 31.7 Å². The number of aryl methyl sites for hydroxylation is 1. The molecule has 1 unspecified atom stereocenters. The number of methoxy groups -OCH3 is 1. The molecule has 3 nitrogen and oxygen atoms in total. The van der Waals surface area contributed by atoms with Crippen LogP contribution in [0.2, 0.25) is 5.15 Å². The predicted molar refractivity (Wildman–Crippen MR) is 83.5 cm³/mol. The molecule has 1 saturated carbocycles. The van der Waals surface area contributed by atoms with Crippen molar-refractivity contribution in [2.45, 2.75) is 45.1 Å². The standard InChI is InChI=1S/C15H19ClN2OS/c1-9-8-11-13(16)17-14(18-15(11)20-9)12(19-2)10-6-4-3-5-7-10/h8,10,12H,3-7H2,1-2H3. The SMILES string of the molecule is COC(c1nc(Cl)c2cc(C)sc2n1)C1CCCCC1. The fourth-order valence-electron chi connectivity index (χ4n) is 3.10. The molecule has 0 aromatic carbocycles. The molecule has 0 saturated heterocycles. The van der Waals surface area contributed by atoms with Crippen LogP contribution in [0.1, 0.15) is 48.9 Å². The third-order valence-corrected chi connectivity index (χ3v) is 5.31. The Morgan fingerprint density at radius 2 is 2.05 bits per heavy atom. The lowest BCUT2D eigenvalue weighted by Crippen LogP contribution is -2.20. The molecule has 1 aliphatic rings. The van der Waals surface area contributed by atoms with E-state index in [1.807, 2.05) is 0 Å². The van der Waals surface area contributed by atoms with E-state index in [1.54, 1.807) is 18.4 Å². The first-order chi connectivity index (χ1) is 9.69. The first kappa shape index (κ1) is 14.2. The van der Waals surface area contributed by atoms with Gasteiger partial charge in [-0.1, -0.05) is 30.9 Å². The summed E-state index contributed by atoms with van der Waals surface area (Å²) in [5.74, 6) is 1.27. The molecule has 2 aromatic rings. The maximum atomic E-state index is 6.32. The number of fused-ring (bicyclic) bond motifs is 1. The summed E-state index contributed by atoms with van der Waals surface area (Å²) in [5, 5.41) is 1.50. The van der Waals surface area contributed by atoms with Crippen LogP contribution in [0.4, 0.5) is 0 Å². The average Bonchev–Trinajstić information content (AvgIpc) is 2.82. The van der Waals surface area contributed by atoms with Gasteiger partial charge in [-0.25, -0.2) is 9.97 Å². The van der Waals surface area contributed by atoms with Crippen molar-refractivity contribution in [2.24, 2.45) is 5.92 Å². The molecule has 0 radical (unpaired) electrons. The normalized spacial score (nSPS) is 18.6. The minimum absolute atomic E-state index is 0.0281. The second-order valence-corrected chi connectivity index (χ2v) is 7.10. The van der Waals surface area contributed by atoms with E-state index in [4.69, 9.17) is 21.3 Å². The Kier molecular flexibility index (Phi) is 4.24. The van der Waals surface area contributed by atoms with Crippen molar-refractivity contribution in [1.29, 1.82) is 0 Å². The van der Waals surface area contributed by atoms with Crippen molar-refractivity contribution in [1.82, 2.24) is 9.97 Å². The molecule has 5 heteroatoms. The second kappa shape index (κ2) is 5.96. The molecule has 2 aromatic heterocycles. The molecule has 0 bridgehead atoms. The lowest BCUT2D eigenvalue weighted by molar-refractivity contribution is 0.0292. The number of ether oxygens (including phenoxy) is 1. The number of rotatable bonds is 3. The Morgan fingerprint density at radius 3 is 2.75 bits per heavy atom. The number of nitrogens with zero attached hydrogens (tertiary/aromatic N) is 2. The van der Waals surface area contributed by atoms with Crippen LogP contribution in [0, 0.1) is 12.8 Å². The maximum Gasteiger partial charge on any atom is 0.160 e. The van der Waals surface area contributed by atoms with Gasteiger partial charge in [0, 0.05) is 17.4 Å². The van der Waals surface area contributed by atoms with Crippen molar-refractivity contribution in [2.75, 3.05) is 7.11 Å². The monoisotopic (exact) mass is 310 g/mol. The van der Waals surface area contributed by atoms with Crippen LogP contribution in [0.3, 0.4) is 0 Å². The second-order valence-electron chi connectivity index (χ2n) is 5.50. The third kappa shape index (κ3) is 2.69. The average molecular weight is 311 g/mol. The number of hydrogen-bond acceptors (Lipinski definition) is 4. The van der Waals surface area contributed by atoms with Crippen molar-refractivity contribution in [3.63, 3.8) is 0 Å². The van der Waals surface area contributed by atoms with E-state index >= 15 is 0 Å². The minimum Gasteiger partial charge on any atom is -0.373 e. The number of aromatic nitrogens is 2. The van der Waals surface area contributed by atoms with Gasteiger partial charge in [0.05, 0.1) is 0 Å². The van der Waals surface area contributed by atoms with Gasteiger partial charge in [-0.3, -0.25) is 0 Å². The van der Waals surface area contributed by atoms with E-state index in [-0.39, 0.29) is 6.10 Å². The van der Waals surface area contributed by atoms with Crippen molar-refractivity contribution in [3.05, 3.63) is 21.9 Å². The van der Waals surface area contributed by atoms with Crippen LogP contribution in [-0.2, 0) is 4.74 Å². The Hall–Kier alpha value is -0.710. The minimum atomic E-state index is -0.0281. The highest BCUT2D eigenvalue weighted by atomic mass is 35.5. The molecular weight excluding hydrogens is 292 g/mol. The highest BCUT2D eigenvalue weighted by Gasteiger charge is 2.28. The van der Waals surface area contributed by atoms with E-state index in [1.165, 1.54) is 37.0 Å². The number of thiophene rings is 1. The Morgan fingerprint density at radius 1 is 1.30 bits per heavy atom. The number of hydrogen-bond donors (Lipinski definition) is 0. The van der Waals surface area contributed by atoms with Crippen LogP contribution in [0.15, 0.2) is 6.07 Å². The molecule has 3 rings (SSSR count). The van der Waals surface area contributed by atoms with E-state index in [2.05, 4.69) is 18.0 Å². The summed E-state index contributed by atoms with van der Waals surface area (Å²) in [6, 6.07) is 2.05. The molecule has 0 spiro atoms. The van der Waals surface area contributed by atoms with Crippen LogP contribution in [0.5, 0.6) is 0 Å². The quantitative estimate of drug-likeness (QED) is 0.755. The fourth-order valence-corrected chi connectivity index (χ4v) is 4.27. The fraction of sp³-hybridized carbons (Fsp3) is 0.600. The summed E-state index contributed by atoms with van der Waals surface area (Å²) in [5.41, 5.74) is 0. The topological polar surface area (TPSA) is 35.0 Å². The molecule has 108 valence electrons. The summed E-state index contributed by atoms with van der Waals surface area (Å²) in [6.45, 7) is 2.07. The first-order valence-electron chi connectivity index (χ1n) is 7.15. The van der Waals surface area contributed by atoms with Gasteiger partial charge in [0.1, 0.15) is 16.1 Å². The Labute approximate surface area is 128 Å². The highest BCUT2D eigenvalue weighted by Crippen LogP contribution is 2.37. The lowest BCUT2D eigenvalue weighted by atomic mass is 9.85. The van der Waals surface area contributed by atoms with Gasteiger partial charge in [0.2, 0.25) is 0 Å². The third-order valence-electron chi connectivity index (χ3n) is 4.07. The predicted octanol–water partition coefficient (Wildman–Crippen LogP) is 4.92. The molecule has 0 amide bonds. The summed E-state index contributed by atoms with van der Waals surface area (Å²) in [7, 11) is 1.75. The summed E-state index contributed by atoms with van der Waals surface area (Å²) in [4.78, 5) is 11.4. The summed E-state index contributed by atoms with van der Waals surface area (Å²) in [6.07, 6.45) is 6.25. The van der Waals surface area contributed by atoms with Gasteiger partial charge in [0.25, 0.3) is 0 Å². The van der Waals surface area contributed by atoms with E-state index in [0.29, 0.717) is 11.1 Å². The van der Waals surface area contributed by atoms with Crippen LogP contribution >= 0.6 is 22.9 Å². The lowest BCUT2D eigenvalue weighted by Gasteiger charge is -2.28. The Balaban J connectivity index is 1.98. The van der Waals surface area contributed by atoms with E-state index in [9.17, 15) is 0 Å². The van der Waals surface area contributed by atoms with Crippen LogP contribution in [-0.4, -0.2) is 17.1 Å². The molecule has 0 aliphatic heterocycles. The number of halogens is 1. The Bertz CT molecular complexity index is 607. The zero-order valence-corrected chi connectivity index (χ0v) is 13.4. The molecule has 2 heterocycles. The van der Waals surface area contributed by atoms with Gasteiger partial charge < -0.3 is 4.74 Å². The molecule has 1 fully saturated rings. The van der Waals surface area contributed by atoms with Gasteiger partial charge in [0.15, 0.2) is 5.82 Å². The van der Waals surface area contributed by atoms with E-state index in [0.717, 1.165) is 16.0 Å².